The molecule has 2 aromatic rings. The molecule has 1 heterocycles. The molecule has 24 heavy (non-hydrogen) atoms. The Bertz CT molecular complexity index is 758. The molecule has 128 valence electrons. The number of benzene rings is 1. The van der Waals surface area contributed by atoms with Gasteiger partial charge in [-0.1, -0.05) is 11.6 Å². The van der Waals surface area contributed by atoms with Crippen molar-refractivity contribution >= 4 is 28.9 Å². The molecule has 1 aromatic heterocycles. The average Bonchev–Trinajstić information content (AvgIpc) is 3.07. The lowest BCUT2D eigenvalue weighted by molar-refractivity contribution is -0.384. The number of nitro benzene ring substituents is 1. The number of anilines is 1. The highest BCUT2D eigenvalue weighted by atomic mass is 35.5. The van der Waals surface area contributed by atoms with Crippen molar-refractivity contribution in [1.82, 2.24) is 0 Å². The fourth-order valence-electron chi connectivity index (χ4n) is 2.06. The Labute approximate surface area is 142 Å². The Balaban J connectivity index is 2.31. The predicted octanol–water partition coefficient (Wildman–Crippen LogP) is 2.95. The second-order valence-electron chi connectivity index (χ2n) is 5.20. The number of halogens is 1. The van der Waals surface area contributed by atoms with Gasteiger partial charge in [0, 0.05) is 6.07 Å². The van der Waals surface area contributed by atoms with Crippen molar-refractivity contribution in [2.75, 3.05) is 19.0 Å². The number of carbonyl (C=O) groups is 1. The minimum absolute atomic E-state index is 0.00686. The van der Waals surface area contributed by atoms with Gasteiger partial charge in [-0.15, -0.1) is 0 Å². The van der Waals surface area contributed by atoms with E-state index in [1.165, 1.54) is 19.3 Å². The number of esters is 1. The van der Waals surface area contributed by atoms with Gasteiger partial charge in [-0.2, -0.15) is 0 Å². The maximum absolute atomic E-state index is 11.6. The fourth-order valence-corrected chi connectivity index (χ4v) is 2.30. The van der Waals surface area contributed by atoms with E-state index in [-0.39, 0.29) is 28.5 Å². The van der Waals surface area contributed by atoms with E-state index in [1.807, 2.05) is 0 Å². The Morgan fingerprint density at radius 2 is 2.25 bits per heavy atom. The molecule has 9 heteroatoms. The van der Waals surface area contributed by atoms with Crippen LogP contribution in [-0.2, 0) is 10.3 Å². The molecule has 0 saturated heterocycles. The number of methoxy groups -OCH3 is 1. The third-order valence-corrected chi connectivity index (χ3v) is 3.68. The third-order valence-electron chi connectivity index (χ3n) is 3.36. The zero-order valence-corrected chi connectivity index (χ0v) is 13.7. The van der Waals surface area contributed by atoms with Crippen molar-refractivity contribution in [3.63, 3.8) is 0 Å². The molecule has 0 spiro atoms. The number of aliphatic hydroxyl groups is 1. The van der Waals surface area contributed by atoms with Gasteiger partial charge < -0.3 is 19.6 Å². The van der Waals surface area contributed by atoms with Gasteiger partial charge in [0.2, 0.25) is 0 Å². The quantitative estimate of drug-likeness (QED) is 0.465. The number of nitrogens with one attached hydrogen (secondary N) is 1. The molecule has 0 bridgehead atoms. The van der Waals surface area contributed by atoms with Crippen molar-refractivity contribution in [2.45, 2.75) is 12.5 Å². The first-order valence-electron chi connectivity index (χ1n) is 6.82. The summed E-state index contributed by atoms with van der Waals surface area (Å²) in [4.78, 5) is 22.2. The number of hydrogen-bond donors (Lipinski definition) is 2. The number of nitro groups is 1. The molecule has 1 atom stereocenters. The Hall–Kier alpha value is -2.58. The van der Waals surface area contributed by atoms with Crippen LogP contribution < -0.4 is 5.32 Å². The monoisotopic (exact) mass is 354 g/mol. The molecule has 2 N–H and O–H groups in total. The molecule has 1 aromatic carbocycles. The summed E-state index contributed by atoms with van der Waals surface area (Å²) >= 11 is 5.98. The summed E-state index contributed by atoms with van der Waals surface area (Å²) in [6.45, 7) is 1.42. The van der Waals surface area contributed by atoms with Gasteiger partial charge in [-0.25, -0.2) is 4.79 Å². The molecule has 0 amide bonds. The van der Waals surface area contributed by atoms with Crippen LogP contribution in [0.25, 0.3) is 0 Å². The molecule has 0 aliphatic rings. The van der Waals surface area contributed by atoms with Crippen molar-refractivity contribution in [3.8, 4) is 0 Å². The molecule has 0 radical (unpaired) electrons. The maximum atomic E-state index is 11.6. The van der Waals surface area contributed by atoms with Gasteiger partial charge in [0.15, 0.2) is 0 Å². The van der Waals surface area contributed by atoms with Gasteiger partial charge >= 0.3 is 5.97 Å². The number of ether oxygens (including phenoxy) is 1. The minimum Gasteiger partial charge on any atom is -0.466 e. The number of furan rings is 1. The van der Waals surface area contributed by atoms with Crippen molar-refractivity contribution in [3.05, 3.63) is 57.0 Å². The van der Waals surface area contributed by atoms with E-state index in [1.54, 1.807) is 12.1 Å². The zero-order valence-electron chi connectivity index (χ0n) is 12.9. The van der Waals surface area contributed by atoms with Crippen LogP contribution in [0.4, 0.5) is 11.4 Å². The van der Waals surface area contributed by atoms with E-state index in [9.17, 15) is 20.0 Å². The summed E-state index contributed by atoms with van der Waals surface area (Å²) in [6, 6.07) is 5.47. The first kappa shape index (κ1) is 17.8. The van der Waals surface area contributed by atoms with E-state index in [0.29, 0.717) is 5.76 Å². The Kier molecular flexibility index (Phi) is 5.10. The van der Waals surface area contributed by atoms with E-state index in [0.717, 1.165) is 13.2 Å². The van der Waals surface area contributed by atoms with Crippen LogP contribution in [0.3, 0.4) is 0 Å². The van der Waals surface area contributed by atoms with Gasteiger partial charge in [-0.05, 0) is 25.1 Å². The SMILES string of the molecule is COC(=O)c1cc([N+](=O)[O-])c(NCC(C)(O)c2ccco2)cc1Cl. The summed E-state index contributed by atoms with van der Waals surface area (Å²) in [5.41, 5.74) is -1.82. The van der Waals surface area contributed by atoms with Gasteiger partial charge in [0.1, 0.15) is 17.0 Å². The molecular weight excluding hydrogens is 340 g/mol. The molecule has 0 aliphatic heterocycles. The van der Waals surface area contributed by atoms with Crippen LogP contribution in [0.15, 0.2) is 34.9 Å². The lowest BCUT2D eigenvalue weighted by Gasteiger charge is -2.22. The lowest BCUT2D eigenvalue weighted by Crippen LogP contribution is -2.30. The lowest BCUT2D eigenvalue weighted by atomic mass is 10.0. The first-order valence-corrected chi connectivity index (χ1v) is 7.20. The van der Waals surface area contributed by atoms with Crippen LogP contribution in [0, 0.1) is 10.1 Å². The number of rotatable bonds is 6. The number of carbonyl (C=O) groups excluding carboxylic acids is 1. The van der Waals surface area contributed by atoms with E-state index >= 15 is 0 Å². The second kappa shape index (κ2) is 6.90. The predicted molar refractivity (Wildman–Crippen MR) is 86.2 cm³/mol. The van der Waals surface area contributed by atoms with Crippen molar-refractivity contribution < 1.29 is 24.0 Å². The van der Waals surface area contributed by atoms with E-state index < -0.39 is 16.5 Å². The molecule has 8 nitrogen and oxygen atoms in total. The number of nitrogens with zero attached hydrogens (tertiary/aromatic N) is 1. The van der Waals surface area contributed by atoms with Crippen LogP contribution in [-0.4, -0.2) is 29.7 Å². The largest absolute Gasteiger partial charge is 0.466 e. The van der Waals surface area contributed by atoms with Crippen LogP contribution in [0.1, 0.15) is 23.0 Å². The van der Waals surface area contributed by atoms with Gasteiger partial charge in [-0.3, -0.25) is 10.1 Å². The molecule has 1 unspecified atom stereocenters. The van der Waals surface area contributed by atoms with Crippen LogP contribution >= 0.6 is 11.6 Å². The Morgan fingerprint density at radius 3 is 2.79 bits per heavy atom. The average molecular weight is 355 g/mol. The minimum atomic E-state index is -1.40. The first-order chi connectivity index (χ1) is 11.3. The summed E-state index contributed by atoms with van der Waals surface area (Å²) in [7, 11) is 1.15. The van der Waals surface area contributed by atoms with E-state index in [2.05, 4.69) is 10.1 Å². The normalized spacial score (nSPS) is 13.2. The van der Waals surface area contributed by atoms with E-state index in [4.69, 9.17) is 16.0 Å². The highest BCUT2D eigenvalue weighted by molar-refractivity contribution is 6.34. The van der Waals surface area contributed by atoms with Gasteiger partial charge in [0.25, 0.3) is 5.69 Å². The second-order valence-corrected chi connectivity index (χ2v) is 5.61. The number of hydrogen-bond acceptors (Lipinski definition) is 7. The summed E-state index contributed by atoms with van der Waals surface area (Å²) in [5, 5.41) is 24.4. The van der Waals surface area contributed by atoms with Crippen molar-refractivity contribution in [1.29, 1.82) is 0 Å². The third kappa shape index (κ3) is 3.66. The topological polar surface area (TPSA) is 115 Å². The zero-order chi connectivity index (χ0) is 17.9. The maximum Gasteiger partial charge on any atom is 0.339 e. The highest BCUT2D eigenvalue weighted by Gasteiger charge is 2.28. The molecule has 0 aliphatic carbocycles. The Morgan fingerprint density at radius 1 is 1.54 bits per heavy atom. The van der Waals surface area contributed by atoms with Crippen LogP contribution in [0.2, 0.25) is 5.02 Å². The van der Waals surface area contributed by atoms with Crippen LogP contribution in [0.5, 0.6) is 0 Å². The smallest absolute Gasteiger partial charge is 0.339 e. The summed E-state index contributed by atoms with van der Waals surface area (Å²) in [6.07, 6.45) is 1.41. The fraction of sp³-hybridized carbons (Fsp3) is 0.267. The summed E-state index contributed by atoms with van der Waals surface area (Å²) < 4.78 is 9.68. The molecule has 2 rings (SSSR count). The summed E-state index contributed by atoms with van der Waals surface area (Å²) in [5.74, 6) is -0.479. The molecule has 0 fully saturated rings. The van der Waals surface area contributed by atoms with Gasteiger partial charge in [0.05, 0.1) is 35.4 Å². The standard InChI is InChI=1S/C15H15ClN2O6/c1-15(20,13-4-3-5-24-13)8-17-11-7-10(16)9(14(19)23-2)6-12(11)18(21)22/h3-7,17,20H,8H2,1-2H3. The molecule has 0 saturated carbocycles. The highest BCUT2D eigenvalue weighted by Crippen LogP contribution is 2.32. The molecular formula is C15H15ClN2O6. The van der Waals surface area contributed by atoms with Crippen molar-refractivity contribution in [2.24, 2.45) is 0 Å².